The summed E-state index contributed by atoms with van der Waals surface area (Å²) in [6.07, 6.45) is 7.38. The Morgan fingerprint density at radius 2 is 1.85 bits per heavy atom. The number of fused-ring (bicyclic) bond motifs is 3. The van der Waals surface area contributed by atoms with Gasteiger partial charge >= 0.3 is 0 Å². The lowest BCUT2D eigenvalue weighted by Gasteiger charge is -2.37. The highest BCUT2D eigenvalue weighted by Crippen LogP contribution is 2.46. The van der Waals surface area contributed by atoms with E-state index >= 15 is 0 Å². The first-order chi connectivity index (χ1) is 9.31. The van der Waals surface area contributed by atoms with Crippen molar-refractivity contribution in [2.45, 2.75) is 65.1 Å². The second kappa shape index (κ2) is 4.28. The van der Waals surface area contributed by atoms with Gasteiger partial charge in [0.15, 0.2) is 0 Å². The number of aryl methyl sites for hydroxylation is 1. The molecule has 2 nitrogen and oxygen atoms in total. The Labute approximate surface area is 121 Å². The van der Waals surface area contributed by atoms with Gasteiger partial charge in [0.2, 0.25) is 0 Å². The van der Waals surface area contributed by atoms with E-state index < -0.39 is 0 Å². The minimum Gasteiger partial charge on any atom is -0.487 e. The van der Waals surface area contributed by atoms with Crippen molar-refractivity contribution < 1.29 is 9.47 Å². The topological polar surface area (TPSA) is 18.5 Å². The van der Waals surface area contributed by atoms with Crippen LogP contribution in [0.2, 0.25) is 0 Å². The van der Waals surface area contributed by atoms with E-state index in [-0.39, 0.29) is 11.2 Å². The highest BCUT2D eigenvalue weighted by molar-refractivity contribution is 5.68. The van der Waals surface area contributed by atoms with Crippen LogP contribution in [0.5, 0.6) is 11.5 Å². The van der Waals surface area contributed by atoms with Crippen molar-refractivity contribution in [3.05, 3.63) is 28.8 Å². The van der Waals surface area contributed by atoms with Gasteiger partial charge in [-0.3, -0.25) is 0 Å². The van der Waals surface area contributed by atoms with Gasteiger partial charge in [-0.1, -0.05) is 13.0 Å². The highest BCUT2D eigenvalue weighted by Gasteiger charge is 2.33. The Bertz CT molecular complexity index is 580. The third kappa shape index (κ3) is 2.21. The molecule has 108 valence electrons. The first-order valence-corrected chi connectivity index (χ1v) is 7.57. The molecule has 3 rings (SSSR count). The van der Waals surface area contributed by atoms with Crippen LogP contribution in [0.4, 0.5) is 0 Å². The molecule has 0 aliphatic carbocycles. The van der Waals surface area contributed by atoms with Crippen molar-refractivity contribution >= 4 is 6.08 Å². The molecule has 1 aromatic carbocycles. The Kier molecular flexibility index (Phi) is 2.89. The number of hydrogen-bond acceptors (Lipinski definition) is 2. The van der Waals surface area contributed by atoms with Crippen LogP contribution in [0, 0.1) is 0 Å². The molecule has 0 atom stereocenters. The van der Waals surface area contributed by atoms with Gasteiger partial charge in [-0.25, -0.2) is 0 Å². The van der Waals surface area contributed by atoms with E-state index in [1.165, 1.54) is 16.7 Å². The molecule has 0 unspecified atom stereocenters. The molecular weight excluding hydrogens is 248 g/mol. The fraction of sp³-hybridized carbons (Fsp3) is 0.556. The third-order valence-electron chi connectivity index (χ3n) is 4.20. The first-order valence-electron chi connectivity index (χ1n) is 7.57. The van der Waals surface area contributed by atoms with Crippen molar-refractivity contribution in [3.63, 3.8) is 0 Å². The summed E-state index contributed by atoms with van der Waals surface area (Å²) >= 11 is 0. The van der Waals surface area contributed by atoms with E-state index in [1.807, 2.05) is 0 Å². The van der Waals surface area contributed by atoms with Crippen LogP contribution in [-0.4, -0.2) is 11.2 Å². The number of hydrogen-bond donors (Lipinski definition) is 0. The lowest BCUT2D eigenvalue weighted by molar-refractivity contribution is 0.0794. The Hall–Kier alpha value is -1.44. The molecule has 0 amide bonds. The number of rotatable bonds is 1. The SMILES string of the molecule is CCc1cc2c(c3c1OC(C)(C)CC3)OC(C)(C)C=C2. The van der Waals surface area contributed by atoms with Gasteiger partial charge in [0.05, 0.1) is 0 Å². The molecule has 0 N–H and O–H groups in total. The van der Waals surface area contributed by atoms with Crippen LogP contribution in [-0.2, 0) is 12.8 Å². The second-order valence-corrected chi connectivity index (χ2v) is 7.02. The summed E-state index contributed by atoms with van der Waals surface area (Å²) < 4.78 is 12.5. The fourth-order valence-electron chi connectivity index (χ4n) is 2.99. The molecule has 0 saturated heterocycles. The van der Waals surface area contributed by atoms with Gasteiger partial charge in [-0.2, -0.15) is 0 Å². The van der Waals surface area contributed by atoms with Crippen molar-refractivity contribution in [3.8, 4) is 11.5 Å². The molecule has 0 saturated carbocycles. The van der Waals surface area contributed by atoms with Crippen molar-refractivity contribution in [1.29, 1.82) is 0 Å². The largest absolute Gasteiger partial charge is 0.487 e. The zero-order valence-corrected chi connectivity index (χ0v) is 13.2. The minimum atomic E-state index is -0.235. The summed E-state index contributed by atoms with van der Waals surface area (Å²) in [5.41, 5.74) is 3.44. The van der Waals surface area contributed by atoms with Crippen LogP contribution < -0.4 is 9.47 Å². The van der Waals surface area contributed by atoms with Crippen LogP contribution in [0.1, 0.15) is 57.7 Å². The van der Waals surface area contributed by atoms with Crippen LogP contribution >= 0.6 is 0 Å². The zero-order chi connectivity index (χ0) is 14.5. The molecule has 2 aliphatic heterocycles. The molecule has 20 heavy (non-hydrogen) atoms. The van der Waals surface area contributed by atoms with Gasteiger partial charge < -0.3 is 9.47 Å². The summed E-state index contributed by atoms with van der Waals surface area (Å²) in [6, 6.07) is 2.22. The first kappa shape index (κ1) is 13.5. The Balaban J connectivity index is 2.17. The molecule has 0 bridgehead atoms. The summed E-state index contributed by atoms with van der Waals surface area (Å²) in [4.78, 5) is 0. The quantitative estimate of drug-likeness (QED) is 0.747. The molecule has 0 aromatic heterocycles. The lowest BCUT2D eigenvalue weighted by atomic mass is 9.88. The van der Waals surface area contributed by atoms with Gasteiger partial charge in [0.1, 0.15) is 22.7 Å². The molecule has 0 radical (unpaired) electrons. The maximum Gasteiger partial charge on any atom is 0.134 e. The average Bonchev–Trinajstić information content (AvgIpc) is 2.36. The normalized spacial score (nSPS) is 21.4. The van der Waals surface area contributed by atoms with Gasteiger partial charge in [0.25, 0.3) is 0 Å². The van der Waals surface area contributed by atoms with E-state index in [9.17, 15) is 0 Å². The van der Waals surface area contributed by atoms with Crippen LogP contribution in [0.15, 0.2) is 12.1 Å². The van der Waals surface area contributed by atoms with Crippen LogP contribution in [0.25, 0.3) is 6.08 Å². The van der Waals surface area contributed by atoms with E-state index in [2.05, 4.69) is 52.8 Å². The summed E-state index contributed by atoms with van der Waals surface area (Å²) in [7, 11) is 0. The highest BCUT2D eigenvalue weighted by atomic mass is 16.5. The summed E-state index contributed by atoms with van der Waals surface area (Å²) in [6.45, 7) is 10.7. The molecule has 1 aromatic rings. The minimum absolute atomic E-state index is 0.0782. The van der Waals surface area contributed by atoms with Crippen molar-refractivity contribution in [1.82, 2.24) is 0 Å². The summed E-state index contributed by atoms with van der Waals surface area (Å²) in [5, 5.41) is 0. The molecule has 2 aliphatic rings. The standard InChI is InChI=1S/C18H24O2/c1-6-12-11-13-7-9-17(2,3)20-16(13)14-8-10-18(4,5)19-15(12)14/h7,9,11H,6,8,10H2,1-5H3. The fourth-order valence-corrected chi connectivity index (χ4v) is 2.99. The number of benzene rings is 1. The van der Waals surface area contributed by atoms with Crippen molar-refractivity contribution in [2.75, 3.05) is 0 Å². The third-order valence-corrected chi connectivity index (χ3v) is 4.20. The molecule has 2 heterocycles. The van der Waals surface area contributed by atoms with Crippen LogP contribution in [0.3, 0.4) is 0 Å². The lowest BCUT2D eigenvalue weighted by Crippen LogP contribution is -2.35. The smallest absolute Gasteiger partial charge is 0.134 e. The molecule has 2 heteroatoms. The van der Waals surface area contributed by atoms with Crippen molar-refractivity contribution in [2.24, 2.45) is 0 Å². The Morgan fingerprint density at radius 3 is 2.55 bits per heavy atom. The average molecular weight is 272 g/mol. The van der Waals surface area contributed by atoms with Gasteiger partial charge in [-0.05, 0) is 64.7 Å². The Morgan fingerprint density at radius 1 is 1.10 bits per heavy atom. The molecule has 0 fully saturated rings. The number of ether oxygens (including phenoxy) is 2. The predicted molar refractivity (Wildman–Crippen MR) is 82.6 cm³/mol. The van der Waals surface area contributed by atoms with E-state index in [0.29, 0.717) is 0 Å². The predicted octanol–water partition coefficient (Wildman–Crippen LogP) is 4.54. The monoisotopic (exact) mass is 272 g/mol. The summed E-state index contributed by atoms with van der Waals surface area (Å²) in [5.74, 6) is 2.09. The zero-order valence-electron chi connectivity index (χ0n) is 13.2. The van der Waals surface area contributed by atoms with Gasteiger partial charge in [-0.15, -0.1) is 0 Å². The molecule has 0 spiro atoms. The van der Waals surface area contributed by atoms with E-state index in [4.69, 9.17) is 9.47 Å². The van der Waals surface area contributed by atoms with E-state index in [1.54, 1.807) is 0 Å². The van der Waals surface area contributed by atoms with E-state index in [0.717, 1.165) is 30.8 Å². The van der Waals surface area contributed by atoms with Gasteiger partial charge in [0, 0.05) is 11.1 Å². The maximum atomic E-state index is 6.27. The second-order valence-electron chi connectivity index (χ2n) is 7.02. The maximum absolute atomic E-state index is 6.27. The molecular formula is C18H24O2.